The molecule has 1 atom stereocenters. The standard InChI is InChI=1S/C11H18O2/c1-4-5-6-10-7-8(2)13-11(12)9(10)3/h8H,4-7H2,1-3H3. The molecule has 1 aliphatic heterocycles. The molecule has 0 aromatic rings. The summed E-state index contributed by atoms with van der Waals surface area (Å²) in [5.41, 5.74) is 2.14. The smallest absolute Gasteiger partial charge is 0.333 e. The number of carbonyl (C=O) groups is 1. The summed E-state index contributed by atoms with van der Waals surface area (Å²) in [5.74, 6) is -0.121. The van der Waals surface area contributed by atoms with Crippen LogP contribution in [0.4, 0.5) is 0 Å². The van der Waals surface area contributed by atoms with Crippen molar-refractivity contribution >= 4 is 5.97 Å². The lowest BCUT2D eigenvalue weighted by atomic mass is 9.96. The molecular formula is C11H18O2. The molecule has 0 aromatic carbocycles. The minimum absolute atomic E-state index is 0.0723. The molecule has 0 N–H and O–H groups in total. The molecule has 0 radical (unpaired) electrons. The second-order valence-corrected chi connectivity index (χ2v) is 3.75. The third kappa shape index (κ3) is 2.58. The Morgan fingerprint density at radius 1 is 1.54 bits per heavy atom. The summed E-state index contributed by atoms with van der Waals surface area (Å²) in [6.07, 6.45) is 4.41. The van der Waals surface area contributed by atoms with Crippen molar-refractivity contribution in [3.8, 4) is 0 Å². The third-order valence-electron chi connectivity index (χ3n) is 2.51. The van der Waals surface area contributed by atoms with Crippen LogP contribution >= 0.6 is 0 Å². The van der Waals surface area contributed by atoms with Gasteiger partial charge in [0.05, 0.1) is 0 Å². The minimum atomic E-state index is -0.121. The molecule has 0 bridgehead atoms. The molecule has 13 heavy (non-hydrogen) atoms. The topological polar surface area (TPSA) is 26.3 Å². The first kappa shape index (κ1) is 10.3. The lowest BCUT2D eigenvalue weighted by Crippen LogP contribution is -2.23. The van der Waals surface area contributed by atoms with Gasteiger partial charge in [0.25, 0.3) is 0 Å². The summed E-state index contributed by atoms with van der Waals surface area (Å²) < 4.78 is 5.11. The summed E-state index contributed by atoms with van der Waals surface area (Å²) in [7, 11) is 0. The number of rotatable bonds is 3. The summed E-state index contributed by atoms with van der Waals surface area (Å²) in [6, 6.07) is 0. The van der Waals surface area contributed by atoms with E-state index in [2.05, 4.69) is 6.92 Å². The highest BCUT2D eigenvalue weighted by atomic mass is 16.5. The first-order valence-corrected chi connectivity index (χ1v) is 5.04. The van der Waals surface area contributed by atoms with Gasteiger partial charge in [-0.2, -0.15) is 0 Å². The van der Waals surface area contributed by atoms with Crippen molar-refractivity contribution in [1.82, 2.24) is 0 Å². The maximum absolute atomic E-state index is 11.3. The van der Waals surface area contributed by atoms with Gasteiger partial charge in [-0.15, -0.1) is 0 Å². The van der Waals surface area contributed by atoms with E-state index in [1.807, 2.05) is 13.8 Å². The number of unbranched alkanes of at least 4 members (excludes halogenated alkanes) is 1. The molecule has 0 fully saturated rings. The Balaban J connectivity index is 2.67. The van der Waals surface area contributed by atoms with E-state index in [-0.39, 0.29) is 12.1 Å². The van der Waals surface area contributed by atoms with Gasteiger partial charge in [0.1, 0.15) is 6.10 Å². The van der Waals surface area contributed by atoms with Gasteiger partial charge in [0.15, 0.2) is 0 Å². The number of esters is 1. The van der Waals surface area contributed by atoms with Crippen LogP contribution in [0.25, 0.3) is 0 Å². The zero-order valence-corrected chi connectivity index (χ0v) is 8.72. The maximum Gasteiger partial charge on any atom is 0.333 e. The lowest BCUT2D eigenvalue weighted by molar-refractivity contribution is -0.144. The van der Waals surface area contributed by atoms with Crippen LogP contribution in [0.5, 0.6) is 0 Å². The van der Waals surface area contributed by atoms with Crippen molar-refractivity contribution in [2.45, 2.75) is 52.6 Å². The van der Waals surface area contributed by atoms with E-state index in [1.165, 1.54) is 18.4 Å². The summed E-state index contributed by atoms with van der Waals surface area (Å²) >= 11 is 0. The Morgan fingerprint density at radius 3 is 2.85 bits per heavy atom. The Labute approximate surface area is 80.0 Å². The number of cyclic esters (lactones) is 1. The van der Waals surface area contributed by atoms with Crippen LogP contribution in [-0.2, 0) is 9.53 Å². The molecule has 0 amide bonds. The fourth-order valence-corrected chi connectivity index (χ4v) is 1.64. The number of ether oxygens (including phenoxy) is 1. The Bertz CT molecular complexity index is 228. The fraction of sp³-hybridized carbons (Fsp3) is 0.727. The second kappa shape index (κ2) is 4.45. The molecule has 1 unspecified atom stereocenters. The first-order valence-electron chi connectivity index (χ1n) is 5.04. The van der Waals surface area contributed by atoms with Crippen molar-refractivity contribution in [2.24, 2.45) is 0 Å². The van der Waals surface area contributed by atoms with Crippen molar-refractivity contribution < 1.29 is 9.53 Å². The van der Waals surface area contributed by atoms with Gasteiger partial charge in [-0.05, 0) is 26.7 Å². The number of hydrogen-bond donors (Lipinski definition) is 0. The van der Waals surface area contributed by atoms with E-state index in [1.54, 1.807) is 0 Å². The molecule has 1 aliphatic rings. The summed E-state index contributed by atoms with van der Waals surface area (Å²) in [4.78, 5) is 11.3. The average molecular weight is 182 g/mol. The molecule has 0 saturated carbocycles. The highest BCUT2D eigenvalue weighted by Crippen LogP contribution is 2.25. The van der Waals surface area contributed by atoms with E-state index < -0.39 is 0 Å². The second-order valence-electron chi connectivity index (χ2n) is 3.75. The molecule has 2 heteroatoms. The van der Waals surface area contributed by atoms with Gasteiger partial charge in [0.2, 0.25) is 0 Å². The van der Waals surface area contributed by atoms with Crippen molar-refractivity contribution in [1.29, 1.82) is 0 Å². The Kier molecular flexibility index (Phi) is 3.52. The molecule has 0 aliphatic carbocycles. The predicted molar refractivity (Wildman–Crippen MR) is 52.4 cm³/mol. The van der Waals surface area contributed by atoms with Crippen LogP contribution < -0.4 is 0 Å². The zero-order chi connectivity index (χ0) is 9.84. The van der Waals surface area contributed by atoms with Gasteiger partial charge < -0.3 is 4.74 Å². The largest absolute Gasteiger partial charge is 0.459 e. The van der Waals surface area contributed by atoms with E-state index in [9.17, 15) is 4.79 Å². The zero-order valence-electron chi connectivity index (χ0n) is 8.72. The quantitative estimate of drug-likeness (QED) is 0.627. The van der Waals surface area contributed by atoms with Crippen LogP contribution in [0, 0.1) is 0 Å². The molecule has 1 heterocycles. The molecule has 0 aromatic heterocycles. The van der Waals surface area contributed by atoms with E-state index in [4.69, 9.17) is 4.74 Å². The Morgan fingerprint density at radius 2 is 2.23 bits per heavy atom. The first-order chi connectivity index (χ1) is 6.15. The maximum atomic E-state index is 11.3. The van der Waals surface area contributed by atoms with Crippen LogP contribution in [0.1, 0.15) is 46.5 Å². The van der Waals surface area contributed by atoms with Gasteiger partial charge in [0, 0.05) is 12.0 Å². The normalized spacial score (nSPS) is 23.3. The Hall–Kier alpha value is -0.790. The highest BCUT2D eigenvalue weighted by molar-refractivity contribution is 5.89. The van der Waals surface area contributed by atoms with Gasteiger partial charge in [-0.1, -0.05) is 18.9 Å². The predicted octanol–water partition coefficient (Wildman–Crippen LogP) is 2.83. The SMILES string of the molecule is CCCCC1=C(C)C(=O)OC(C)C1. The molecule has 2 nitrogen and oxygen atoms in total. The lowest BCUT2D eigenvalue weighted by Gasteiger charge is -2.23. The third-order valence-corrected chi connectivity index (χ3v) is 2.51. The van der Waals surface area contributed by atoms with Crippen LogP contribution in [0.3, 0.4) is 0 Å². The minimum Gasteiger partial charge on any atom is -0.459 e. The fourth-order valence-electron chi connectivity index (χ4n) is 1.64. The van der Waals surface area contributed by atoms with E-state index >= 15 is 0 Å². The molecule has 0 spiro atoms. The van der Waals surface area contributed by atoms with Crippen LogP contribution in [0.15, 0.2) is 11.1 Å². The number of carbonyl (C=O) groups excluding carboxylic acids is 1. The molecule has 0 saturated heterocycles. The van der Waals surface area contributed by atoms with Crippen molar-refractivity contribution in [3.05, 3.63) is 11.1 Å². The van der Waals surface area contributed by atoms with Gasteiger partial charge in [-0.25, -0.2) is 4.79 Å². The summed E-state index contributed by atoms with van der Waals surface area (Å²) in [5, 5.41) is 0. The monoisotopic (exact) mass is 182 g/mol. The molecule has 74 valence electrons. The van der Waals surface area contributed by atoms with E-state index in [0.29, 0.717) is 0 Å². The van der Waals surface area contributed by atoms with Crippen LogP contribution in [0.2, 0.25) is 0 Å². The van der Waals surface area contributed by atoms with Crippen molar-refractivity contribution in [3.63, 3.8) is 0 Å². The van der Waals surface area contributed by atoms with Crippen LogP contribution in [-0.4, -0.2) is 12.1 Å². The van der Waals surface area contributed by atoms with Crippen molar-refractivity contribution in [2.75, 3.05) is 0 Å². The van der Waals surface area contributed by atoms with Gasteiger partial charge >= 0.3 is 5.97 Å². The summed E-state index contributed by atoms with van der Waals surface area (Å²) in [6.45, 7) is 6.00. The number of hydrogen-bond acceptors (Lipinski definition) is 2. The highest BCUT2D eigenvalue weighted by Gasteiger charge is 2.22. The molecular weight excluding hydrogens is 164 g/mol. The molecule has 1 rings (SSSR count). The van der Waals surface area contributed by atoms with E-state index in [0.717, 1.165) is 18.4 Å². The average Bonchev–Trinajstić information content (AvgIpc) is 2.09. The van der Waals surface area contributed by atoms with Gasteiger partial charge in [-0.3, -0.25) is 0 Å².